The summed E-state index contributed by atoms with van der Waals surface area (Å²) in [5, 5.41) is 2.80. The second kappa shape index (κ2) is 7.47. The SMILES string of the molecule is CCn1cc(Br)cc1C(=O)N(C)CC(=O)NCC(C)C. The lowest BCUT2D eigenvalue weighted by Gasteiger charge is -2.18. The van der Waals surface area contributed by atoms with Gasteiger partial charge in [-0.15, -0.1) is 0 Å². The average Bonchev–Trinajstić information content (AvgIpc) is 2.76. The van der Waals surface area contributed by atoms with Crippen LogP contribution in [0, 0.1) is 5.92 Å². The first kappa shape index (κ1) is 16.8. The summed E-state index contributed by atoms with van der Waals surface area (Å²) in [5.74, 6) is 0.105. The van der Waals surface area contributed by atoms with E-state index < -0.39 is 0 Å². The van der Waals surface area contributed by atoms with Gasteiger partial charge in [0.05, 0.1) is 6.54 Å². The highest BCUT2D eigenvalue weighted by atomic mass is 79.9. The molecule has 0 saturated heterocycles. The Morgan fingerprint density at radius 3 is 2.65 bits per heavy atom. The smallest absolute Gasteiger partial charge is 0.270 e. The molecule has 0 bridgehead atoms. The zero-order valence-corrected chi connectivity index (χ0v) is 14.0. The van der Waals surface area contributed by atoms with Crippen molar-refractivity contribution in [2.45, 2.75) is 27.3 Å². The van der Waals surface area contributed by atoms with Crippen molar-refractivity contribution in [3.8, 4) is 0 Å². The second-order valence-corrected chi connectivity index (χ2v) is 6.10. The molecule has 0 radical (unpaired) electrons. The van der Waals surface area contributed by atoms with Gasteiger partial charge in [-0.2, -0.15) is 0 Å². The summed E-state index contributed by atoms with van der Waals surface area (Å²) < 4.78 is 2.72. The van der Waals surface area contributed by atoms with Crippen LogP contribution in [-0.2, 0) is 11.3 Å². The van der Waals surface area contributed by atoms with E-state index in [0.29, 0.717) is 24.7 Å². The van der Waals surface area contributed by atoms with Gasteiger partial charge in [0.2, 0.25) is 5.91 Å². The first-order valence-corrected chi connectivity index (χ1v) is 7.52. The zero-order chi connectivity index (χ0) is 15.3. The van der Waals surface area contributed by atoms with Crippen LogP contribution in [0.2, 0.25) is 0 Å². The number of nitrogens with zero attached hydrogens (tertiary/aromatic N) is 2. The van der Waals surface area contributed by atoms with Gasteiger partial charge in [0.15, 0.2) is 0 Å². The van der Waals surface area contributed by atoms with E-state index in [2.05, 4.69) is 21.2 Å². The number of hydrogen-bond donors (Lipinski definition) is 1. The van der Waals surface area contributed by atoms with Crippen molar-refractivity contribution in [1.29, 1.82) is 0 Å². The highest BCUT2D eigenvalue weighted by Crippen LogP contribution is 2.16. The van der Waals surface area contributed by atoms with Crippen LogP contribution in [0.1, 0.15) is 31.3 Å². The molecule has 1 aromatic rings. The number of carbonyl (C=O) groups excluding carboxylic acids is 2. The summed E-state index contributed by atoms with van der Waals surface area (Å²) in [4.78, 5) is 25.5. The van der Waals surface area contributed by atoms with Crippen LogP contribution in [0.5, 0.6) is 0 Å². The molecule has 0 aliphatic heterocycles. The number of nitrogens with one attached hydrogen (secondary N) is 1. The van der Waals surface area contributed by atoms with Crippen LogP contribution in [-0.4, -0.2) is 41.4 Å². The largest absolute Gasteiger partial charge is 0.354 e. The van der Waals surface area contributed by atoms with E-state index >= 15 is 0 Å². The maximum absolute atomic E-state index is 12.3. The lowest BCUT2D eigenvalue weighted by atomic mass is 10.2. The molecule has 0 atom stereocenters. The lowest BCUT2D eigenvalue weighted by molar-refractivity contribution is -0.121. The molecule has 0 unspecified atom stereocenters. The lowest BCUT2D eigenvalue weighted by Crippen LogP contribution is -2.40. The summed E-state index contributed by atoms with van der Waals surface area (Å²) in [7, 11) is 1.64. The van der Waals surface area contributed by atoms with Gasteiger partial charge in [0.25, 0.3) is 5.91 Å². The third-order valence-corrected chi connectivity index (χ3v) is 3.29. The maximum atomic E-state index is 12.3. The Morgan fingerprint density at radius 2 is 2.10 bits per heavy atom. The molecule has 0 aliphatic rings. The normalized spacial score (nSPS) is 10.7. The maximum Gasteiger partial charge on any atom is 0.270 e. The number of carbonyl (C=O) groups is 2. The summed E-state index contributed by atoms with van der Waals surface area (Å²) in [6, 6.07) is 1.77. The highest BCUT2D eigenvalue weighted by Gasteiger charge is 2.18. The topological polar surface area (TPSA) is 54.3 Å². The molecule has 2 amide bonds. The van der Waals surface area contributed by atoms with Gasteiger partial charge < -0.3 is 14.8 Å². The Morgan fingerprint density at radius 1 is 1.45 bits per heavy atom. The van der Waals surface area contributed by atoms with Gasteiger partial charge >= 0.3 is 0 Å². The van der Waals surface area contributed by atoms with Crippen molar-refractivity contribution in [3.05, 3.63) is 22.4 Å². The van der Waals surface area contributed by atoms with Gasteiger partial charge in [-0.1, -0.05) is 13.8 Å². The van der Waals surface area contributed by atoms with E-state index in [4.69, 9.17) is 0 Å². The van der Waals surface area contributed by atoms with E-state index in [1.54, 1.807) is 13.1 Å². The minimum absolute atomic E-state index is 0.0675. The van der Waals surface area contributed by atoms with Crippen LogP contribution in [0.25, 0.3) is 0 Å². The second-order valence-electron chi connectivity index (χ2n) is 5.19. The zero-order valence-electron chi connectivity index (χ0n) is 12.4. The van der Waals surface area contributed by atoms with Gasteiger partial charge in [-0.3, -0.25) is 9.59 Å². The standard InChI is InChI=1S/C14H22BrN3O2/c1-5-18-8-11(15)6-12(18)14(20)17(4)9-13(19)16-7-10(2)3/h6,8,10H,5,7,9H2,1-4H3,(H,16,19). The van der Waals surface area contributed by atoms with E-state index in [1.807, 2.05) is 31.5 Å². The molecule has 112 valence electrons. The Labute approximate surface area is 128 Å². The molecule has 1 N–H and O–H groups in total. The number of amides is 2. The molecule has 0 aromatic carbocycles. The van der Waals surface area contributed by atoms with Crippen LogP contribution < -0.4 is 5.32 Å². The minimum Gasteiger partial charge on any atom is -0.354 e. The third kappa shape index (κ3) is 4.67. The van der Waals surface area contributed by atoms with E-state index in [9.17, 15) is 9.59 Å². The molecule has 1 rings (SSSR count). The van der Waals surface area contributed by atoms with Crippen LogP contribution in [0.4, 0.5) is 0 Å². The van der Waals surface area contributed by atoms with Crippen LogP contribution >= 0.6 is 15.9 Å². The van der Waals surface area contributed by atoms with E-state index in [0.717, 1.165) is 4.47 Å². The van der Waals surface area contributed by atoms with Crippen molar-refractivity contribution in [1.82, 2.24) is 14.8 Å². The molecular weight excluding hydrogens is 322 g/mol. The third-order valence-electron chi connectivity index (χ3n) is 2.86. The monoisotopic (exact) mass is 343 g/mol. The fourth-order valence-corrected chi connectivity index (χ4v) is 2.24. The minimum atomic E-state index is -0.155. The quantitative estimate of drug-likeness (QED) is 0.859. The Hall–Kier alpha value is -1.30. The first-order valence-electron chi connectivity index (χ1n) is 6.73. The molecule has 6 heteroatoms. The predicted octanol–water partition coefficient (Wildman–Crippen LogP) is 2.11. The van der Waals surface area contributed by atoms with Gasteiger partial charge in [-0.05, 0) is 34.8 Å². The first-order chi connectivity index (χ1) is 9.35. The van der Waals surface area contributed by atoms with Crippen molar-refractivity contribution in [2.75, 3.05) is 20.1 Å². The van der Waals surface area contributed by atoms with Gasteiger partial charge in [0, 0.05) is 30.8 Å². The molecule has 1 aromatic heterocycles. The van der Waals surface area contributed by atoms with E-state index in [-0.39, 0.29) is 18.4 Å². The molecule has 1 heterocycles. The fraction of sp³-hybridized carbons (Fsp3) is 0.571. The van der Waals surface area contributed by atoms with Crippen molar-refractivity contribution in [2.24, 2.45) is 5.92 Å². The molecular formula is C14H22BrN3O2. The summed E-state index contributed by atoms with van der Waals surface area (Å²) in [6.45, 7) is 7.43. The average molecular weight is 344 g/mol. The van der Waals surface area contributed by atoms with Crippen LogP contribution in [0.15, 0.2) is 16.7 Å². The number of halogens is 1. The number of rotatable bonds is 6. The number of aryl methyl sites for hydroxylation is 1. The Balaban J connectivity index is 2.64. The molecule has 20 heavy (non-hydrogen) atoms. The van der Waals surface area contributed by atoms with Crippen LogP contribution in [0.3, 0.4) is 0 Å². The van der Waals surface area contributed by atoms with Crippen molar-refractivity contribution >= 4 is 27.7 Å². The number of hydrogen-bond acceptors (Lipinski definition) is 2. The van der Waals surface area contributed by atoms with Gasteiger partial charge in [0.1, 0.15) is 5.69 Å². The summed E-state index contributed by atoms with van der Waals surface area (Å²) >= 11 is 3.36. The fourth-order valence-electron chi connectivity index (χ4n) is 1.77. The highest BCUT2D eigenvalue weighted by molar-refractivity contribution is 9.10. The molecule has 5 nitrogen and oxygen atoms in total. The van der Waals surface area contributed by atoms with Crippen molar-refractivity contribution < 1.29 is 9.59 Å². The summed E-state index contributed by atoms with van der Waals surface area (Å²) in [5.41, 5.74) is 0.582. The molecule has 0 saturated carbocycles. The van der Waals surface area contributed by atoms with E-state index in [1.165, 1.54) is 4.90 Å². The molecule has 0 aliphatic carbocycles. The number of aromatic nitrogens is 1. The molecule has 0 fully saturated rings. The predicted molar refractivity (Wildman–Crippen MR) is 82.6 cm³/mol. The number of likely N-dealkylation sites (N-methyl/N-ethyl adjacent to an activating group) is 1. The van der Waals surface area contributed by atoms with Gasteiger partial charge in [-0.25, -0.2) is 0 Å². The Kier molecular flexibility index (Phi) is 6.26. The molecule has 0 spiro atoms. The summed E-state index contributed by atoms with van der Waals surface area (Å²) in [6.07, 6.45) is 1.86. The van der Waals surface area contributed by atoms with Crippen molar-refractivity contribution in [3.63, 3.8) is 0 Å². The Bertz CT molecular complexity index is 483.